The first kappa shape index (κ1) is 18.2. The normalized spacial score (nSPS) is 12.5. The second kappa shape index (κ2) is 7.65. The molecule has 130 valence electrons. The second-order valence-electron chi connectivity index (χ2n) is 6.68. The molecule has 0 aliphatic rings. The zero-order valence-electron chi connectivity index (χ0n) is 15.6. The molecule has 0 radical (unpaired) electrons. The number of rotatable bonds is 6. The van der Waals surface area contributed by atoms with Crippen LogP contribution >= 0.6 is 0 Å². The van der Waals surface area contributed by atoms with Gasteiger partial charge in [0.2, 0.25) is 0 Å². The molecule has 0 saturated carbocycles. The lowest BCUT2D eigenvalue weighted by Crippen LogP contribution is -2.22. The van der Waals surface area contributed by atoms with Crippen molar-refractivity contribution in [1.29, 1.82) is 0 Å². The monoisotopic (exact) mass is 328 g/mol. The van der Waals surface area contributed by atoms with Gasteiger partial charge >= 0.3 is 0 Å². The lowest BCUT2D eigenvalue weighted by Gasteiger charge is -2.15. The Morgan fingerprint density at radius 1 is 1.21 bits per heavy atom. The molecule has 0 saturated heterocycles. The minimum absolute atomic E-state index is 0.00700. The molecule has 1 heterocycles. The van der Waals surface area contributed by atoms with E-state index >= 15 is 0 Å². The molecular weight excluding hydrogens is 300 g/mol. The third-order valence-corrected chi connectivity index (χ3v) is 4.57. The maximum atomic E-state index is 12.6. The number of nitrogens with zero attached hydrogens (tertiary/aromatic N) is 2. The maximum absolute atomic E-state index is 12.6. The van der Waals surface area contributed by atoms with E-state index < -0.39 is 0 Å². The third kappa shape index (κ3) is 3.69. The number of hydrogen-bond donors (Lipinski definition) is 0. The van der Waals surface area contributed by atoms with Crippen molar-refractivity contribution in [1.82, 2.24) is 9.78 Å². The number of aryl methyl sites for hydroxylation is 1. The fraction of sp³-hybridized carbons (Fsp3) is 0.500. The fourth-order valence-corrected chi connectivity index (χ4v) is 3.17. The van der Waals surface area contributed by atoms with Crippen molar-refractivity contribution in [2.45, 2.75) is 59.8 Å². The highest BCUT2D eigenvalue weighted by Gasteiger charge is 2.19. The number of benzene rings is 1. The summed E-state index contributed by atoms with van der Waals surface area (Å²) in [5, 5.41) is 4.40. The van der Waals surface area contributed by atoms with Crippen LogP contribution < -0.4 is 4.74 Å². The highest BCUT2D eigenvalue weighted by Crippen LogP contribution is 2.28. The second-order valence-corrected chi connectivity index (χ2v) is 6.68. The van der Waals surface area contributed by atoms with E-state index in [2.05, 4.69) is 38.9 Å². The standard InChI is InChI=1S/C20H28N2O2/c1-7-14(4)17-10-8-9-11-18(17)24-12-19(23)22-16(6)20(13(2)3)15(5)21-22/h8-11,13-14H,7,12H2,1-6H3. The molecule has 1 aromatic heterocycles. The van der Waals surface area contributed by atoms with Gasteiger partial charge in [0.15, 0.2) is 6.61 Å². The summed E-state index contributed by atoms with van der Waals surface area (Å²) in [6.45, 7) is 12.4. The maximum Gasteiger partial charge on any atom is 0.284 e. The molecule has 0 spiro atoms. The van der Waals surface area contributed by atoms with Crippen LogP contribution in [0.15, 0.2) is 24.3 Å². The predicted molar refractivity (Wildman–Crippen MR) is 97.1 cm³/mol. The number of carbonyl (C=O) groups excluding carboxylic acids is 1. The zero-order chi connectivity index (χ0) is 17.9. The molecule has 0 fully saturated rings. The lowest BCUT2D eigenvalue weighted by atomic mass is 9.98. The Labute approximate surface area is 144 Å². The van der Waals surface area contributed by atoms with Crippen LogP contribution in [0.25, 0.3) is 0 Å². The minimum atomic E-state index is -0.138. The van der Waals surface area contributed by atoms with E-state index in [4.69, 9.17) is 4.74 Å². The smallest absolute Gasteiger partial charge is 0.284 e. The number of para-hydroxylation sites is 1. The Balaban J connectivity index is 2.17. The van der Waals surface area contributed by atoms with E-state index in [1.54, 1.807) is 0 Å². The van der Waals surface area contributed by atoms with E-state index in [-0.39, 0.29) is 12.5 Å². The first-order chi connectivity index (χ1) is 11.4. The third-order valence-electron chi connectivity index (χ3n) is 4.57. The van der Waals surface area contributed by atoms with E-state index in [0.717, 1.165) is 34.7 Å². The molecular formula is C20H28N2O2. The van der Waals surface area contributed by atoms with Crippen LogP contribution in [-0.2, 0) is 0 Å². The number of hydrogen-bond acceptors (Lipinski definition) is 3. The molecule has 24 heavy (non-hydrogen) atoms. The first-order valence-corrected chi connectivity index (χ1v) is 8.67. The molecule has 2 rings (SSSR count). The van der Waals surface area contributed by atoms with Gasteiger partial charge in [-0.25, -0.2) is 4.68 Å². The highest BCUT2D eigenvalue weighted by molar-refractivity contribution is 5.80. The van der Waals surface area contributed by atoms with Crippen molar-refractivity contribution in [2.75, 3.05) is 6.61 Å². The highest BCUT2D eigenvalue weighted by atomic mass is 16.5. The van der Waals surface area contributed by atoms with Crippen LogP contribution in [0.4, 0.5) is 0 Å². The largest absolute Gasteiger partial charge is 0.483 e. The Hall–Kier alpha value is -2.10. The van der Waals surface area contributed by atoms with Gasteiger partial charge in [-0.05, 0) is 49.3 Å². The van der Waals surface area contributed by atoms with E-state index in [9.17, 15) is 4.79 Å². The summed E-state index contributed by atoms with van der Waals surface area (Å²) in [5.41, 5.74) is 4.11. The van der Waals surface area contributed by atoms with Crippen LogP contribution in [0.1, 0.15) is 73.3 Å². The summed E-state index contributed by atoms with van der Waals surface area (Å²) >= 11 is 0. The SMILES string of the molecule is CCC(C)c1ccccc1OCC(=O)n1nc(C)c(C(C)C)c1C. The van der Waals surface area contributed by atoms with Gasteiger partial charge in [-0.1, -0.05) is 45.9 Å². The molecule has 0 aliphatic heterocycles. The average Bonchev–Trinajstić information content (AvgIpc) is 2.86. The average molecular weight is 328 g/mol. The number of carbonyl (C=O) groups is 1. The van der Waals surface area contributed by atoms with Gasteiger partial charge in [0.1, 0.15) is 5.75 Å². The Morgan fingerprint density at radius 2 is 1.88 bits per heavy atom. The molecule has 2 aromatic rings. The van der Waals surface area contributed by atoms with Crippen LogP contribution in [-0.4, -0.2) is 22.3 Å². The summed E-state index contributed by atoms with van der Waals surface area (Å²) in [4.78, 5) is 12.6. The van der Waals surface area contributed by atoms with Crippen molar-refractivity contribution in [3.63, 3.8) is 0 Å². The summed E-state index contributed by atoms with van der Waals surface area (Å²) in [5.74, 6) is 1.39. The fourth-order valence-electron chi connectivity index (χ4n) is 3.17. The molecule has 4 nitrogen and oxygen atoms in total. The zero-order valence-corrected chi connectivity index (χ0v) is 15.6. The molecule has 1 atom stereocenters. The number of aromatic nitrogens is 2. The van der Waals surface area contributed by atoms with Crippen LogP contribution in [0.3, 0.4) is 0 Å². The topological polar surface area (TPSA) is 44.1 Å². The molecule has 4 heteroatoms. The van der Waals surface area contributed by atoms with Gasteiger partial charge in [0, 0.05) is 5.69 Å². The quantitative estimate of drug-likeness (QED) is 0.761. The Bertz CT molecular complexity index is 716. The van der Waals surface area contributed by atoms with Crippen molar-refractivity contribution >= 4 is 5.91 Å². The molecule has 0 bridgehead atoms. The number of ether oxygens (including phenoxy) is 1. The molecule has 1 unspecified atom stereocenters. The van der Waals surface area contributed by atoms with Crippen molar-refractivity contribution in [3.8, 4) is 5.75 Å². The van der Waals surface area contributed by atoms with Crippen LogP contribution in [0, 0.1) is 13.8 Å². The first-order valence-electron chi connectivity index (χ1n) is 8.67. The van der Waals surface area contributed by atoms with Gasteiger partial charge in [0.05, 0.1) is 5.69 Å². The molecule has 1 aromatic carbocycles. The lowest BCUT2D eigenvalue weighted by molar-refractivity contribution is 0.0817. The molecule has 0 aliphatic carbocycles. The van der Waals surface area contributed by atoms with Gasteiger partial charge in [-0.3, -0.25) is 4.79 Å². The van der Waals surface area contributed by atoms with Gasteiger partial charge in [0.25, 0.3) is 5.91 Å². The van der Waals surface area contributed by atoms with Gasteiger partial charge < -0.3 is 4.74 Å². The predicted octanol–water partition coefficient (Wildman–Crippen LogP) is 4.86. The summed E-state index contributed by atoms with van der Waals surface area (Å²) in [7, 11) is 0. The Kier molecular flexibility index (Phi) is 5.81. The minimum Gasteiger partial charge on any atom is -0.483 e. The van der Waals surface area contributed by atoms with E-state index in [1.807, 2.05) is 32.0 Å². The van der Waals surface area contributed by atoms with Gasteiger partial charge in [-0.2, -0.15) is 5.10 Å². The summed E-state index contributed by atoms with van der Waals surface area (Å²) in [6.07, 6.45) is 1.03. The molecule has 0 N–H and O–H groups in total. The van der Waals surface area contributed by atoms with Crippen LogP contribution in [0.2, 0.25) is 0 Å². The van der Waals surface area contributed by atoms with E-state index in [0.29, 0.717) is 11.8 Å². The van der Waals surface area contributed by atoms with Crippen LogP contribution in [0.5, 0.6) is 5.75 Å². The molecule has 0 amide bonds. The van der Waals surface area contributed by atoms with Crippen molar-refractivity contribution in [3.05, 3.63) is 46.8 Å². The van der Waals surface area contributed by atoms with Crippen molar-refractivity contribution in [2.24, 2.45) is 0 Å². The Morgan fingerprint density at radius 3 is 2.46 bits per heavy atom. The van der Waals surface area contributed by atoms with Crippen molar-refractivity contribution < 1.29 is 9.53 Å². The summed E-state index contributed by atoms with van der Waals surface area (Å²) in [6, 6.07) is 7.93. The van der Waals surface area contributed by atoms with Gasteiger partial charge in [-0.15, -0.1) is 0 Å². The summed E-state index contributed by atoms with van der Waals surface area (Å²) < 4.78 is 7.31. The van der Waals surface area contributed by atoms with E-state index in [1.165, 1.54) is 4.68 Å².